The average Bonchev–Trinajstić information content (AvgIpc) is 3.40. The van der Waals surface area contributed by atoms with Gasteiger partial charge in [-0.05, 0) is 42.8 Å². The molecule has 1 fully saturated rings. The molecule has 15 heteroatoms. The number of carboxylic acid groups (broad SMARTS) is 1. The molecule has 2 aliphatic rings. The van der Waals surface area contributed by atoms with Gasteiger partial charge in [-0.3, -0.25) is 28.9 Å². The first-order valence-electron chi connectivity index (χ1n) is 12.2. The molecule has 0 saturated carbocycles. The van der Waals surface area contributed by atoms with Gasteiger partial charge in [0.05, 0.1) is 27.6 Å². The smallest absolute Gasteiger partial charge is 0.323 e. The van der Waals surface area contributed by atoms with E-state index < -0.39 is 47.3 Å². The lowest BCUT2D eigenvalue weighted by molar-refractivity contribution is -0.149. The van der Waals surface area contributed by atoms with Gasteiger partial charge in [0, 0.05) is 16.5 Å². The fourth-order valence-corrected chi connectivity index (χ4v) is 7.58. The zero-order valence-electron chi connectivity index (χ0n) is 21.1. The molecule has 11 nitrogen and oxygen atoms in total. The van der Waals surface area contributed by atoms with Crippen molar-refractivity contribution in [2.24, 2.45) is 5.92 Å². The molecule has 214 valence electrons. The van der Waals surface area contributed by atoms with E-state index in [2.05, 4.69) is 10.3 Å². The minimum absolute atomic E-state index is 0.255. The number of imide groups is 1. The van der Waals surface area contributed by atoms with E-state index in [-0.39, 0.29) is 34.6 Å². The van der Waals surface area contributed by atoms with E-state index in [0.717, 1.165) is 28.0 Å². The summed E-state index contributed by atoms with van der Waals surface area (Å²) in [7, 11) is 0. The molecule has 3 aromatic rings. The van der Waals surface area contributed by atoms with Gasteiger partial charge in [0.15, 0.2) is 18.1 Å². The molecule has 1 aromatic heterocycles. The molecule has 0 spiro atoms. The Bertz CT molecular complexity index is 1620. The number of fused-ring (bicyclic) bond motifs is 2. The number of amides is 3. The Hall–Kier alpha value is -3.52. The summed E-state index contributed by atoms with van der Waals surface area (Å²) in [5, 5.41) is 12.1. The Morgan fingerprint density at radius 1 is 1.05 bits per heavy atom. The first-order valence-corrected chi connectivity index (χ1v) is 14.6. The summed E-state index contributed by atoms with van der Waals surface area (Å²) in [6.45, 7) is 0.919. The summed E-state index contributed by atoms with van der Waals surface area (Å²) in [5.74, 6) is -4.12. The van der Waals surface area contributed by atoms with Gasteiger partial charge >= 0.3 is 10.8 Å². The second kappa shape index (κ2) is 11.8. The van der Waals surface area contributed by atoms with Crippen molar-refractivity contribution in [2.45, 2.75) is 23.1 Å². The number of carbonyl (C=O) groups excluding carboxylic acids is 3. The summed E-state index contributed by atoms with van der Waals surface area (Å²) in [6, 6.07) is 9.54. The predicted octanol–water partition coefficient (Wildman–Crippen LogP) is 3.84. The first-order chi connectivity index (χ1) is 19.6. The van der Waals surface area contributed by atoms with Gasteiger partial charge in [-0.2, -0.15) is 0 Å². The van der Waals surface area contributed by atoms with E-state index in [1.54, 1.807) is 37.3 Å². The van der Waals surface area contributed by atoms with Crippen molar-refractivity contribution < 1.29 is 33.8 Å². The van der Waals surface area contributed by atoms with Crippen LogP contribution in [0.1, 0.15) is 23.3 Å². The largest absolute Gasteiger partial charge is 0.490 e. The standard InChI is InChI=1S/C26H21Cl2N3O8S2/c1-2-38-16-7-11(3-6-15(16)39-10-17(32)29-12-4-5-13(27)14(28)8-12)19-20-22(40-23-21(19)41-26(37)30-23)25(36)31(24(20)35)9-18(33)34/h3-8,19-20,22H,2,9-10H2,1H3,(H,29,32)(H,30,37)(H,33,34)/t19-,20?,22?/m0/s1. The van der Waals surface area contributed by atoms with Crippen molar-refractivity contribution >= 4 is 75.7 Å². The molecular formula is C26H21Cl2N3O8S2. The van der Waals surface area contributed by atoms with Gasteiger partial charge in [-0.15, -0.1) is 0 Å². The lowest BCUT2D eigenvalue weighted by atomic mass is 9.83. The fraction of sp³-hybridized carbons (Fsp3) is 0.269. The molecular weight excluding hydrogens is 617 g/mol. The highest BCUT2D eigenvalue weighted by Crippen LogP contribution is 2.53. The Balaban J connectivity index is 1.43. The number of carbonyl (C=O) groups is 4. The summed E-state index contributed by atoms with van der Waals surface area (Å²) in [4.78, 5) is 66.2. The molecule has 41 heavy (non-hydrogen) atoms. The van der Waals surface area contributed by atoms with E-state index in [0.29, 0.717) is 26.2 Å². The summed E-state index contributed by atoms with van der Waals surface area (Å²) >= 11 is 13.9. The number of halogens is 2. The Labute approximate surface area is 250 Å². The van der Waals surface area contributed by atoms with Crippen LogP contribution in [0.3, 0.4) is 0 Å². The number of thiazole rings is 1. The molecule has 0 aliphatic carbocycles. The van der Waals surface area contributed by atoms with Crippen molar-refractivity contribution in [3.63, 3.8) is 0 Å². The predicted molar refractivity (Wildman–Crippen MR) is 152 cm³/mol. The number of aromatic amines is 1. The molecule has 3 atom stereocenters. The SMILES string of the molecule is CCOc1cc([C@@H]2c3sc(=O)[nH]c3SC3C(=O)N(CC(=O)O)C(=O)C32)ccc1OCC(=O)Nc1ccc(Cl)c(Cl)c1. The van der Waals surface area contributed by atoms with Crippen LogP contribution in [0.4, 0.5) is 5.69 Å². The fourth-order valence-electron chi connectivity index (χ4n) is 4.74. The van der Waals surface area contributed by atoms with Crippen LogP contribution >= 0.6 is 46.3 Å². The molecule has 2 unspecified atom stereocenters. The second-order valence-corrected chi connectivity index (χ2v) is 12.0. The molecule has 3 amide bonds. The minimum Gasteiger partial charge on any atom is -0.490 e. The van der Waals surface area contributed by atoms with E-state index in [1.807, 2.05) is 0 Å². The number of hydrogen-bond acceptors (Lipinski definition) is 9. The van der Waals surface area contributed by atoms with Gasteiger partial charge in [-0.1, -0.05) is 52.4 Å². The van der Waals surface area contributed by atoms with Crippen molar-refractivity contribution in [3.05, 3.63) is 66.6 Å². The molecule has 3 heterocycles. The van der Waals surface area contributed by atoms with Crippen LogP contribution < -0.4 is 19.7 Å². The van der Waals surface area contributed by atoms with Gasteiger partial charge < -0.3 is 24.9 Å². The van der Waals surface area contributed by atoms with Crippen LogP contribution in [0.2, 0.25) is 10.0 Å². The zero-order chi connectivity index (χ0) is 29.4. The van der Waals surface area contributed by atoms with Crippen LogP contribution in [0.5, 0.6) is 11.5 Å². The normalized spacial score (nSPS) is 19.5. The number of H-pyrrole nitrogens is 1. The summed E-state index contributed by atoms with van der Waals surface area (Å²) in [6.07, 6.45) is 0. The number of thioether (sulfide) groups is 1. The Kier molecular flexibility index (Phi) is 8.32. The first kappa shape index (κ1) is 29.0. The molecule has 2 aliphatic heterocycles. The lowest BCUT2D eigenvalue weighted by Crippen LogP contribution is -2.36. The molecule has 1 saturated heterocycles. The van der Waals surface area contributed by atoms with Crippen molar-refractivity contribution in [1.82, 2.24) is 9.88 Å². The van der Waals surface area contributed by atoms with Crippen LogP contribution in [-0.4, -0.2) is 63.7 Å². The number of nitrogens with one attached hydrogen (secondary N) is 2. The van der Waals surface area contributed by atoms with Crippen LogP contribution in [0.25, 0.3) is 0 Å². The monoisotopic (exact) mass is 637 g/mol. The number of anilines is 1. The quantitative estimate of drug-likeness (QED) is 0.297. The molecule has 2 aromatic carbocycles. The lowest BCUT2D eigenvalue weighted by Gasteiger charge is -2.30. The number of likely N-dealkylation sites (tertiary alicyclic amines) is 1. The van der Waals surface area contributed by atoms with Crippen molar-refractivity contribution in [2.75, 3.05) is 25.1 Å². The number of hydrogen-bond donors (Lipinski definition) is 3. The number of ether oxygens (including phenoxy) is 2. The number of aromatic nitrogens is 1. The maximum absolute atomic E-state index is 13.4. The van der Waals surface area contributed by atoms with Crippen LogP contribution in [-0.2, 0) is 19.2 Å². The van der Waals surface area contributed by atoms with E-state index in [9.17, 15) is 29.1 Å². The Morgan fingerprint density at radius 3 is 2.54 bits per heavy atom. The van der Waals surface area contributed by atoms with Gasteiger partial charge in [-0.25, -0.2) is 0 Å². The van der Waals surface area contributed by atoms with E-state index >= 15 is 0 Å². The third-order valence-electron chi connectivity index (χ3n) is 6.40. The number of rotatable bonds is 9. The minimum atomic E-state index is -1.31. The van der Waals surface area contributed by atoms with Crippen LogP contribution in [0.15, 0.2) is 46.2 Å². The second-order valence-electron chi connectivity index (χ2n) is 9.01. The summed E-state index contributed by atoms with van der Waals surface area (Å²) < 4.78 is 11.5. The number of aliphatic carboxylic acids is 1. The maximum Gasteiger partial charge on any atom is 0.323 e. The van der Waals surface area contributed by atoms with Crippen molar-refractivity contribution in [3.8, 4) is 11.5 Å². The topological polar surface area (TPSA) is 155 Å². The molecule has 0 radical (unpaired) electrons. The summed E-state index contributed by atoms with van der Waals surface area (Å²) in [5.41, 5.74) is 0.998. The van der Waals surface area contributed by atoms with E-state index in [1.165, 1.54) is 6.07 Å². The highest BCUT2D eigenvalue weighted by Gasteiger charge is 2.56. The maximum atomic E-state index is 13.4. The van der Waals surface area contributed by atoms with Gasteiger partial charge in [0.2, 0.25) is 11.8 Å². The number of benzene rings is 2. The van der Waals surface area contributed by atoms with Gasteiger partial charge in [0.25, 0.3) is 5.91 Å². The third kappa shape index (κ3) is 5.80. The zero-order valence-corrected chi connectivity index (χ0v) is 24.3. The highest BCUT2D eigenvalue weighted by atomic mass is 35.5. The molecule has 3 N–H and O–H groups in total. The molecule has 0 bridgehead atoms. The van der Waals surface area contributed by atoms with Crippen molar-refractivity contribution in [1.29, 1.82) is 0 Å². The van der Waals surface area contributed by atoms with E-state index in [4.69, 9.17) is 32.7 Å². The average molecular weight is 639 g/mol. The van der Waals surface area contributed by atoms with Crippen LogP contribution in [0, 0.1) is 5.92 Å². The Morgan fingerprint density at radius 2 is 1.83 bits per heavy atom. The highest BCUT2D eigenvalue weighted by molar-refractivity contribution is 8.00. The third-order valence-corrected chi connectivity index (χ3v) is 9.54. The van der Waals surface area contributed by atoms with Gasteiger partial charge in [0.1, 0.15) is 11.8 Å². The number of nitrogens with zero attached hydrogens (tertiary/aromatic N) is 1. The molecule has 5 rings (SSSR count). The number of carboxylic acids is 1.